The third-order valence-corrected chi connectivity index (χ3v) is 3.56. The summed E-state index contributed by atoms with van der Waals surface area (Å²) >= 11 is 0. The second-order valence-corrected chi connectivity index (χ2v) is 4.86. The van der Waals surface area contributed by atoms with Crippen LogP contribution in [0.5, 0.6) is 0 Å². The van der Waals surface area contributed by atoms with Gasteiger partial charge < -0.3 is 4.42 Å². The zero-order valence-electron chi connectivity index (χ0n) is 10.9. The number of aromatic nitrogens is 1. The average molecular weight is 242 g/mol. The molecule has 3 rings (SSSR count). The lowest BCUT2D eigenvalue weighted by molar-refractivity contribution is 0.317. The van der Waals surface area contributed by atoms with Crippen LogP contribution in [0.2, 0.25) is 0 Å². The van der Waals surface area contributed by atoms with Crippen LogP contribution < -0.4 is 0 Å². The van der Waals surface area contributed by atoms with E-state index in [4.69, 9.17) is 4.42 Å². The van der Waals surface area contributed by atoms with Gasteiger partial charge in [0.15, 0.2) is 5.58 Å². The Balaban J connectivity index is 1.93. The van der Waals surface area contributed by atoms with E-state index in [2.05, 4.69) is 41.9 Å². The number of benzene rings is 1. The minimum atomic E-state index is 0.798. The molecule has 1 aromatic carbocycles. The molecule has 2 heterocycles. The van der Waals surface area contributed by atoms with Crippen LogP contribution in [0.1, 0.15) is 24.8 Å². The summed E-state index contributed by atoms with van der Waals surface area (Å²) in [4.78, 5) is 7.01. The molecule has 0 saturated heterocycles. The summed E-state index contributed by atoms with van der Waals surface area (Å²) in [6.45, 7) is 7.48. The Labute approximate surface area is 107 Å². The molecule has 0 N–H and O–H groups in total. The molecule has 3 heteroatoms. The lowest BCUT2D eigenvalue weighted by Crippen LogP contribution is -2.28. The van der Waals surface area contributed by atoms with Crippen molar-refractivity contribution < 1.29 is 4.42 Å². The van der Waals surface area contributed by atoms with Gasteiger partial charge in [-0.15, -0.1) is 0 Å². The molecule has 0 fully saturated rings. The molecule has 0 aliphatic carbocycles. The largest absolute Gasteiger partial charge is 0.436 e. The van der Waals surface area contributed by atoms with Crippen molar-refractivity contribution in [2.75, 3.05) is 19.6 Å². The Hall–Kier alpha value is -1.61. The van der Waals surface area contributed by atoms with E-state index < -0.39 is 0 Å². The van der Waals surface area contributed by atoms with Crippen molar-refractivity contribution in [3.8, 4) is 0 Å². The standard InChI is InChI=1S/C15H18N2O/c1-3-17-8-6-12(7-9-17)15-16-13-10-11(2)4-5-14(13)18-15/h4-6,10H,3,7-9H2,1-2H3. The normalized spacial score (nSPS) is 17.1. The predicted octanol–water partition coefficient (Wildman–Crippen LogP) is 3.25. The molecule has 0 atom stereocenters. The number of hydrogen-bond acceptors (Lipinski definition) is 3. The van der Waals surface area contributed by atoms with Crippen molar-refractivity contribution in [1.29, 1.82) is 0 Å². The van der Waals surface area contributed by atoms with Gasteiger partial charge in [-0.1, -0.05) is 19.1 Å². The molecule has 0 saturated carbocycles. The fourth-order valence-corrected chi connectivity index (χ4v) is 2.37. The number of nitrogens with zero attached hydrogens (tertiary/aromatic N) is 2. The summed E-state index contributed by atoms with van der Waals surface area (Å²) in [5.41, 5.74) is 4.31. The van der Waals surface area contributed by atoms with Crippen LogP contribution in [0.15, 0.2) is 28.7 Å². The molecule has 1 aromatic heterocycles. The van der Waals surface area contributed by atoms with Gasteiger partial charge in [0.2, 0.25) is 5.89 Å². The van der Waals surface area contributed by atoms with Crippen molar-refractivity contribution in [3.05, 3.63) is 35.7 Å². The molecule has 0 bridgehead atoms. The highest BCUT2D eigenvalue weighted by atomic mass is 16.3. The maximum Gasteiger partial charge on any atom is 0.222 e. The van der Waals surface area contributed by atoms with Gasteiger partial charge >= 0.3 is 0 Å². The molecule has 1 aliphatic rings. The highest BCUT2D eigenvalue weighted by Gasteiger charge is 2.16. The van der Waals surface area contributed by atoms with E-state index in [1.54, 1.807) is 0 Å². The summed E-state index contributed by atoms with van der Waals surface area (Å²) in [5.74, 6) is 0.798. The smallest absolute Gasteiger partial charge is 0.222 e. The summed E-state index contributed by atoms with van der Waals surface area (Å²) in [5, 5.41) is 0. The minimum absolute atomic E-state index is 0.798. The van der Waals surface area contributed by atoms with E-state index in [0.29, 0.717) is 0 Å². The van der Waals surface area contributed by atoms with Crippen molar-refractivity contribution in [2.45, 2.75) is 20.3 Å². The molecule has 1 aliphatic heterocycles. The molecule has 0 amide bonds. The number of oxazole rings is 1. The van der Waals surface area contributed by atoms with Gasteiger partial charge in [0.05, 0.1) is 0 Å². The lowest BCUT2D eigenvalue weighted by atomic mass is 10.1. The molecule has 0 spiro atoms. The van der Waals surface area contributed by atoms with Crippen LogP contribution >= 0.6 is 0 Å². The average Bonchev–Trinajstić information content (AvgIpc) is 2.81. The van der Waals surface area contributed by atoms with Gasteiger partial charge in [-0.2, -0.15) is 0 Å². The van der Waals surface area contributed by atoms with Crippen molar-refractivity contribution in [2.24, 2.45) is 0 Å². The molecule has 94 valence electrons. The van der Waals surface area contributed by atoms with Crippen LogP contribution in [0.3, 0.4) is 0 Å². The van der Waals surface area contributed by atoms with Gasteiger partial charge in [-0.25, -0.2) is 4.98 Å². The highest BCUT2D eigenvalue weighted by Crippen LogP contribution is 2.25. The molecular formula is C15H18N2O. The van der Waals surface area contributed by atoms with Gasteiger partial charge in [0, 0.05) is 18.7 Å². The predicted molar refractivity (Wildman–Crippen MR) is 73.5 cm³/mol. The van der Waals surface area contributed by atoms with E-state index in [0.717, 1.165) is 43.0 Å². The molecule has 0 radical (unpaired) electrons. The Morgan fingerprint density at radius 1 is 1.39 bits per heavy atom. The van der Waals surface area contributed by atoms with Gasteiger partial charge in [-0.05, 0) is 37.6 Å². The maximum absolute atomic E-state index is 5.83. The number of aryl methyl sites for hydroxylation is 1. The molecule has 2 aromatic rings. The third kappa shape index (κ3) is 2.06. The van der Waals surface area contributed by atoms with Gasteiger partial charge in [0.1, 0.15) is 5.52 Å². The zero-order valence-corrected chi connectivity index (χ0v) is 10.9. The topological polar surface area (TPSA) is 29.3 Å². The quantitative estimate of drug-likeness (QED) is 0.809. The summed E-state index contributed by atoms with van der Waals surface area (Å²) in [7, 11) is 0. The van der Waals surface area contributed by atoms with Crippen LogP contribution in [-0.2, 0) is 0 Å². The number of rotatable bonds is 2. The Bertz CT molecular complexity index is 598. The number of hydrogen-bond donors (Lipinski definition) is 0. The summed E-state index contributed by atoms with van der Waals surface area (Å²) in [6.07, 6.45) is 3.27. The van der Waals surface area contributed by atoms with Crippen molar-refractivity contribution >= 4 is 16.7 Å². The lowest BCUT2D eigenvalue weighted by Gasteiger charge is -2.23. The minimum Gasteiger partial charge on any atom is -0.436 e. The van der Waals surface area contributed by atoms with Crippen LogP contribution in [0, 0.1) is 6.92 Å². The second kappa shape index (κ2) is 4.58. The van der Waals surface area contributed by atoms with E-state index in [-0.39, 0.29) is 0 Å². The monoisotopic (exact) mass is 242 g/mol. The first kappa shape index (κ1) is 11.5. The SMILES string of the molecule is CCN1CC=C(c2nc3cc(C)ccc3o2)CC1. The fraction of sp³-hybridized carbons (Fsp3) is 0.400. The first-order chi connectivity index (χ1) is 8.76. The molecular weight excluding hydrogens is 224 g/mol. The van der Waals surface area contributed by atoms with Crippen molar-refractivity contribution in [1.82, 2.24) is 9.88 Å². The highest BCUT2D eigenvalue weighted by molar-refractivity contribution is 5.76. The Morgan fingerprint density at radius 3 is 3.00 bits per heavy atom. The van der Waals surface area contributed by atoms with Crippen LogP contribution in [0.25, 0.3) is 16.7 Å². The van der Waals surface area contributed by atoms with E-state index in [9.17, 15) is 0 Å². The first-order valence-corrected chi connectivity index (χ1v) is 6.55. The van der Waals surface area contributed by atoms with Crippen molar-refractivity contribution in [3.63, 3.8) is 0 Å². The second-order valence-electron chi connectivity index (χ2n) is 4.86. The van der Waals surface area contributed by atoms with Crippen LogP contribution in [-0.4, -0.2) is 29.5 Å². The van der Waals surface area contributed by atoms with E-state index in [1.807, 2.05) is 6.07 Å². The molecule has 18 heavy (non-hydrogen) atoms. The Morgan fingerprint density at radius 2 is 2.28 bits per heavy atom. The summed E-state index contributed by atoms with van der Waals surface area (Å²) in [6, 6.07) is 6.14. The first-order valence-electron chi connectivity index (χ1n) is 6.55. The molecule has 3 nitrogen and oxygen atoms in total. The maximum atomic E-state index is 5.83. The zero-order chi connectivity index (χ0) is 12.5. The van der Waals surface area contributed by atoms with E-state index >= 15 is 0 Å². The van der Waals surface area contributed by atoms with E-state index in [1.165, 1.54) is 11.1 Å². The Kier molecular flexibility index (Phi) is 2.92. The fourth-order valence-electron chi connectivity index (χ4n) is 2.37. The van der Waals surface area contributed by atoms with Gasteiger partial charge in [0.25, 0.3) is 0 Å². The number of likely N-dealkylation sites (N-methyl/N-ethyl adjacent to an activating group) is 1. The summed E-state index contributed by atoms with van der Waals surface area (Å²) < 4.78 is 5.83. The third-order valence-electron chi connectivity index (χ3n) is 3.56. The molecule has 0 unspecified atom stereocenters. The van der Waals surface area contributed by atoms with Gasteiger partial charge in [-0.3, -0.25) is 4.90 Å². The number of fused-ring (bicyclic) bond motifs is 1. The van der Waals surface area contributed by atoms with Crippen LogP contribution in [0.4, 0.5) is 0 Å².